The summed E-state index contributed by atoms with van der Waals surface area (Å²) in [4.78, 5) is 4.67. The van der Waals surface area contributed by atoms with Crippen LogP contribution in [0.3, 0.4) is 0 Å². The highest BCUT2D eigenvalue weighted by atomic mass is 35.5. The number of nitrogens with one attached hydrogen (secondary N) is 1. The number of hydrogen-bond acceptors (Lipinski definition) is 4. The van der Waals surface area contributed by atoms with Crippen LogP contribution in [0.2, 0.25) is 5.02 Å². The molecule has 78 valence electrons. The van der Waals surface area contributed by atoms with Crippen LogP contribution in [-0.4, -0.2) is 19.3 Å². The maximum atomic E-state index is 9.69. The summed E-state index contributed by atoms with van der Waals surface area (Å²) in [7, 11) is 2.96. The smallest absolute Gasteiger partial charge is 0.179 e. The van der Waals surface area contributed by atoms with E-state index in [9.17, 15) is 5.11 Å². The number of aromatic hydroxyl groups is 1. The lowest BCUT2D eigenvalue weighted by atomic mass is 10.2. The largest absolute Gasteiger partial charge is 0.504 e. The Labute approximate surface area is 87.4 Å². The minimum Gasteiger partial charge on any atom is -0.504 e. The van der Waals surface area contributed by atoms with Crippen molar-refractivity contribution in [2.45, 2.75) is 6.54 Å². The van der Waals surface area contributed by atoms with E-state index >= 15 is 0 Å². The van der Waals surface area contributed by atoms with Crippen LogP contribution in [0, 0.1) is 0 Å². The summed E-state index contributed by atoms with van der Waals surface area (Å²) < 4.78 is 4.95. The van der Waals surface area contributed by atoms with E-state index < -0.39 is 0 Å². The van der Waals surface area contributed by atoms with Crippen molar-refractivity contribution in [3.05, 3.63) is 22.7 Å². The van der Waals surface area contributed by atoms with Gasteiger partial charge in [0, 0.05) is 12.1 Å². The first kappa shape index (κ1) is 11.1. The van der Waals surface area contributed by atoms with Crippen molar-refractivity contribution in [1.29, 1.82) is 0 Å². The number of hydrogen-bond donors (Lipinski definition) is 2. The van der Waals surface area contributed by atoms with E-state index in [4.69, 9.17) is 16.3 Å². The lowest BCUT2D eigenvalue weighted by Gasteiger charge is -2.10. The van der Waals surface area contributed by atoms with Crippen molar-refractivity contribution >= 4 is 11.6 Å². The lowest BCUT2D eigenvalue weighted by molar-refractivity contribution is 0.0860. The number of phenolic OH excluding ortho intramolecular Hbond substituents is 1. The molecule has 0 aliphatic carbocycles. The summed E-state index contributed by atoms with van der Waals surface area (Å²) in [6.45, 7) is 0.385. The zero-order valence-corrected chi connectivity index (χ0v) is 8.76. The van der Waals surface area contributed by atoms with E-state index in [1.54, 1.807) is 12.1 Å². The van der Waals surface area contributed by atoms with E-state index in [0.717, 1.165) is 0 Å². The second-order valence-electron chi connectivity index (χ2n) is 2.61. The van der Waals surface area contributed by atoms with Crippen molar-refractivity contribution < 1.29 is 14.7 Å². The third kappa shape index (κ3) is 2.29. The molecular weight excluding hydrogens is 206 g/mol. The molecule has 0 spiro atoms. The van der Waals surface area contributed by atoms with E-state index in [0.29, 0.717) is 17.1 Å². The predicted octanol–water partition coefficient (Wildman–Crippen LogP) is 1.71. The molecule has 0 atom stereocenters. The van der Waals surface area contributed by atoms with Crippen LogP contribution in [0.25, 0.3) is 0 Å². The number of ether oxygens (including phenoxy) is 1. The molecule has 0 aliphatic heterocycles. The number of halogens is 1. The average Bonchev–Trinajstić information content (AvgIpc) is 2.18. The number of phenols is 1. The molecule has 0 bridgehead atoms. The SMILES string of the molecule is CONCc1ccc(Cl)c(OC)c1O. The Hall–Kier alpha value is -0.970. The molecule has 0 fully saturated rings. The second-order valence-corrected chi connectivity index (χ2v) is 3.02. The van der Waals surface area contributed by atoms with Crippen molar-refractivity contribution in [1.82, 2.24) is 5.48 Å². The molecule has 0 amide bonds. The van der Waals surface area contributed by atoms with Crippen molar-refractivity contribution in [3.8, 4) is 11.5 Å². The number of benzene rings is 1. The maximum Gasteiger partial charge on any atom is 0.179 e. The van der Waals surface area contributed by atoms with Crippen LogP contribution >= 0.6 is 11.6 Å². The Morgan fingerprint density at radius 2 is 2.14 bits per heavy atom. The van der Waals surface area contributed by atoms with E-state index in [-0.39, 0.29) is 11.5 Å². The second kappa shape index (κ2) is 5.05. The van der Waals surface area contributed by atoms with Gasteiger partial charge in [-0.1, -0.05) is 17.7 Å². The number of hydroxylamine groups is 1. The monoisotopic (exact) mass is 217 g/mol. The molecule has 0 heterocycles. The Kier molecular flexibility index (Phi) is 4.00. The molecule has 0 aromatic heterocycles. The van der Waals surface area contributed by atoms with Crippen LogP contribution in [0.5, 0.6) is 11.5 Å². The van der Waals surface area contributed by atoms with Gasteiger partial charge in [0.25, 0.3) is 0 Å². The molecular formula is C9H12ClNO3. The van der Waals surface area contributed by atoms with Crippen molar-refractivity contribution in [2.75, 3.05) is 14.2 Å². The maximum absolute atomic E-state index is 9.69. The van der Waals surface area contributed by atoms with Crippen LogP contribution in [0.15, 0.2) is 12.1 Å². The zero-order valence-electron chi connectivity index (χ0n) is 8.00. The Morgan fingerprint density at radius 3 is 2.71 bits per heavy atom. The zero-order chi connectivity index (χ0) is 10.6. The van der Waals surface area contributed by atoms with Gasteiger partial charge < -0.3 is 14.7 Å². The molecule has 14 heavy (non-hydrogen) atoms. The predicted molar refractivity (Wildman–Crippen MR) is 53.5 cm³/mol. The molecule has 5 heteroatoms. The van der Waals surface area contributed by atoms with E-state index in [1.807, 2.05) is 0 Å². The molecule has 0 saturated heterocycles. The standard InChI is InChI=1S/C9H12ClNO3/c1-13-9-7(10)4-3-6(8(9)12)5-11-14-2/h3-4,11-12H,5H2,1-2H3. The highest BCUT2D eigenvalue weighted by Gasteiger charge is 2.11. The summed E-state index contributed by atoms with van der Waals surface area (Å²) in [6.07, 6.45) is 0. The minimum atomic E-state index is 0.0320. The fourth-order valence-electron chi connectivity index (χ4n) is 1.07. The topological polar surface area (TPSA) is 50.7 Å². The molecule has 4 nitrogen and oxygen atoms in total. The van der Waals surface area contributed by atoms with Gasteiger partial charge in [-0.25, -0.2) is 0 Å². The van der Waals surface area contributed by atoms with E-state index in [1.165, 1.54) is 14.2 Å². The van der Waals surface area contributed by atoms with Crippen LogP contribution in [0.1, 0.15) is 5.56 Å². The van der Waals surface area contributed by atoms with Gasteiger partial charge in [0.1, 0.15) is 0 Å². The normalized spacial score (nSPS) is 10.2. The molecule has 0 aliphatic rings. The van der Waals surface area contributed by atoms with Gasteiger partial charge in [0.05, 0.1) is 19.2 Å². The fourth-order valence-corrected chi connectivity index (χ4v) is 1.30. The highest BCUT2D eigenvalue weighted by molar-refractivity contribution is 6.32. The molecule has 0 unspecified atom stereocenters. The Balaban J connectivity index is 2.96. The molecule has 2 N–H and O–H groups in total. The third-order valence-electron chi connectivity index (χ3n) is 1.78. The minimum absolute atomic E-state index is 0.0320. The summed E-state index contributed by atoms with van der Waals surface area (Å²) in [5, 5.41) is 10.1. The van der Waals surface area contributed by atoms with Crippen molar-refractivity contribution in [2.24, 2.45) is 0 Å². The molecule has 0 saturated carbocycles. The van der Waals surface area contributed by atoms with Gasteiger partial charge in [-0.2, -0.15) is 5.48 Å². The highest BCUT2D eigenvalue weighted by Crippen LogP contribution is 2.36. The number of methoxy groups -OCH3 is 1. The third-order valence-corrected chi connectivity index (χ3v) is 2.08. The summed E-state index contributed by atoms with van der Waals surface area (Å²) in [5.41, 5.74) is 3.28. The van der Waals surface area contributed by atoms with Crippen LogP contribution < -0.4 is 10.2 Å². The summed E-state index contributed by atoms with van der Waals surface area (Å²) in [5.74, 6) is 0.312. The van der Waals surface area contributed by atoms with Crippen molar-refractivity contribution in [3.63, 3.8) is 0 Å². The first-order valence-corrected chi connectivity index (χ1v) is 4.38. The molecule has 0 radical (unpaired) electrons. The number of rotatable bonds is 4. The average molecular weight is 218 g/mol. The molecule has 1 rings (SSSR count). The van der Waals surface area contributed by atoms with Gasteiger partial charge in [-0.05, 0) is 6.07 Å². The molecule has 1 aromatic rings. The molecule has 1 aromatic carbocycles. The lowest BCUT2D eigenvalue weighted by Crippen LogP contribution is -2.10. The van der Waals surface area contributed by atoms with Gasteiger partial charge in [0.2, 0.25) is 0 Å². The Bertz CT molecular complexity index is 317. The van der Waals surface area contributed by atoms with E-state index in [2.05, 4.69) is 10.3 Å². The first-order valence-electron chi connectivity index (χ1n) is 4.01. The fraction of sp³-hybridized carbons (Fsp3) is 0.333. The quantitative estimate of drug-likeness (QED) is 0.754. The summed E-state index contributed by atoms with van der Waals surface area (Å²) in [6, 6.07) is 3.36. The Morgan fingerprint density at radius 1 is 1.43 bits per heavy atom. The first-order chi connectivity index (χ1) is 6.70. The van der Waals surface area contributed by atoms with Crippen LogP contribution in [0.4, 0.5) is 0 Å². The van der Waals surface area contributed by atoms with Gasteiger partial charge >= 0.3 is 0 Å². The van der Waals surface area contributed by atoms with Gasteiger partial charge in [-0.3, -0.25) is 0 Å². The van der Waals surface area contributed by atoms with Gasteiger partial charge in [-0.15, -0.1) is 0 Å². The van der Waals surface area contributed by atoms with Gasteiger partial charge in [0.15, 0.2) is 11.5 Å². The van der Waals surface area contributed by atoms with Crippen LogP contribution in [-0.2, 0) is 11.4 Å². The summed E-state index contributed by atoms with van der Waals surface area (Å²) >= 11 is 5.80.